The van der Waals surface area contributed by atoms with Crippen molar-refractivity contribution < 1.29 is 18.3 Å². The smallest absolute Gasteiger partial charge is 0.339 e. The number of nitrogens with one attached hydrogen (secondary N) is 1. The van der Waals surface area contributed by atoms with Gasteiger partial charge in [0.15, 0.2) is 16.8 Å². The largest absolute Gasteiger partial charge is 0.467 e. The summed E-state index contributed by atoms with van der Waals surface area (Å²) < 4.78 is 34.2. The molecule has 1 aliphatic rings. The molecule has 7 heteroatoms. The van der Waals surface area contributed by atoms with Crippen molar-refractivity contribution in [2.24, 2.45) is 0 Å². The van der Waals surface area contributed by atoms with Gasteiger partial charge in [0.2, 0.25) is 0 Å². The van der Waals surface area contributed by atoms with Gasteiger partial charge in [-0.15, -0.1) is 0 Å². The van der Waals surface area contributed by atoms with Gasteiger partial charge in [0.1, 0.15) is 5.82 Å². The van der Waals surface area contributed by atoms with E-state index in [0.717, 1.165) is 16.9 Å². The fourth-order valence-corrected chi connectivity index (χ4v) is 4.08. The lowest BCUT2D eigenvalue weighted by Gasteiger charge is -2.33. The van der Waals surface area contributed by atoms with Crippen molar-refractivity contribution in [2.45, 2.75) is 11.7 Å². The molecular formula is C21H16F2N2O2S. The third-order valence-corrected chi connectivity index (χ3v) is 5.51. The van der Waals surface area contributed by atoms with E-state index in [4.69, 9.17) is 4.74 Å². The number of esters is 1. The summed E-state index contributed by atoms with van der Waals surface area (Å²) in [4.78, 5) is 16.9. The van der Waals surface area contributed by atoms with Crippen molar-refractivity contribution in [2.75, 3.05) is 12.4 Å². The summed E-state index contributed by atoms with van der Waals surface area (Å²) in [7, 11) is 1.20. The maximum atomic E-state index is 15.3. The van der Waals surface area contributed by atoms with Crippen molar-refractivity contribution in [3.63, 3.8) is 0 Å². The number of alkyl halides is 1. The highest BCUT2D eigenvalue weighted by molar-refractivity contribution is 7.22. The van der Waals surface area contributed by atoms with Gasteiger partial charge in [-0.25, -0.2) is 18.6 Å². The Morgan fingerprint density at radius 1 is 1.25 bits per heavy atom. The maximum Gasteiger partial charge on any atom is 0.339 e. The first-order chi connectivity index (χ1) is 13.5. The van der Waals surface area contributed by atoms with Crippen molar-refractivity contribution >= 4 is 38.2 Å². The summed E-state index contributed by atoms with van der Waals surface area (Å²) in [6.07, 6.45) is 2.83. The van der Waals surface area contributed by atoms with Gasteiger partial charge in [-0.2, -0.15) is 0 Å². The summed E-state index contributed by atoms with van der Waals surface area (Å²) in [5.41, 5.74) is 0.320. The number of hydrogen-bond donors (Lipinski definition) is 1. The molecule has 0 amide bonds. The summed E-state index contributed by atoms with van der Waals surface area (Å²) in [6, 6.07) is 13.5. The summed E-state index contributed by atoms with van der Waals surface area (Å²) in [6.45, 7) is 0. The van der Waals surface area contributed by atoms with E-state index in [9.17, 15) is 9.18 Å². The van der Waals surface area contributed by atoms with Gasteiger partial charge in [-0.1, -0.05) is 47.7 Å². The Labute approximate surface area is 164 Å². The lowest BCUT2D eigenvalue weighted by molar-refractivity contribution is -0.145. The third kappa shape index (κ3) is 3.18. The molecule has 2 atom stereocenters. The molecule has 4 rings (SSSR count). The molecule has 0 bridgehead atoms. The minimum absolute atomic E-state index is 0.301. The fourth-order valence-electron chi connectivity index (χ4n) is 3.12. The van der Waals surface area contributed by atoms with E-state index >= 15 is 4.39 Å². The second kappa shape index (κ2) is 7.16. The average molecular weight is 398 g/mol. The number of allylic oxidation sites excluding steroid dienone is 2. The summed E-state index contributed by atoms with van der Waals surface area (Å²) in [5, 5.41) is 3.18. The Bertz CT molecular complexity index is 1090. The molecule has 1 heterocycles. The molecule has 0 saturated heterocycles. The minimum atomic E-state index is -1.75. The first-order valence-corrected chi connectivity index (χ1v) is 9.37. The third-order valence-electron chi connectivity index (χ3n) is 4.58. The maximum absolute atomic E-state index is 15.3. The number of nitrogens with zero attached hydrogens (tertiary/aromatic N) is 1. The van der Waals surface area contributed by atoms with Crippen LogP contribution in [0.5, 0.6) is 0 Å². The molecule has 1 N–H and O–H groups in total. The molecule has 28 heavy (non-hydrogen) atoms. The van der Waals surface area contributed by atoms with Crippen LogP contribution in [0.15, 0.2) is 66.8 Å². The molecule has 4 nitrogen and oxygen atoms in total. The zero-order chi connectivity index (χ0) is 19.7. The van der Waals surface area contributed by atoms with E-state index in [2.05, 4.69) is 10.3 Å². The van der Waals surface area contributed by atoms with Crippen LogP contribution in [-0.4, -0.2) is 29.8 Å². The molecule has 1 aliphatic carbocycles. The highest BCUT2D eigenvalue weighted by Gasteiger charge is 2.47. The molecule has 2 aromatic carbocycles. The number of methoxy groups -OCH3 is 1. The second-order valence-electron chi connectivity index (χ2n) is 6.34. The standard InChI is InChI=1S/C21H16F2N2O2S/c1-27-19(26)21(25-20-24-16-8-7-15(22)12-17(16)28-20)10-9-14(11-18(21)23)13-5-3-2-4-6-13/h2-12,18H,1H3,(H,24,25). The van der Waals surface area contributed by atoms with E-state index in [1.165, 1.54) is 37.5 Å². The zero-order valence-electron chi connectivity index (χ0n) is 14.9. The number of halogens is 2. The summed E-state index contributed by atoms with van der Waals surface area (Å²) >= 11 is 1.14. The van der Waals surface area contributed by atoms with Crippen LogP contribution >= 0.6 is 11.3 Å². The van der Waals surface area contributed by atoms with Crippen molar-refractivity contribution in [1.29, 1.82) is 0 Å². The first kappa shape index (κ1) is 18.3. The number of benzene rings is 2. The van der Waals surface area contributed by atoms with Crippen LogP contribution in [0.4, 0.5) is 13.9 Å². The normalized spacial score (nSPS) is 21.4. The average Bonchev–Trinajstić information content (AvgIpc) is 3.10. The van der Waals surface area contributed by atoms with Crippen LogP contribution in [0.1, 0.15) is 5.56 Å². The quantitative estimate of drug-likeness (QED) is 0.645. The Hall–Kier alpha value is -3.06. The molecule has 0 fully saturated rings. The van der Waals surface area contributed by atoms with Crippen LogP contribution in [-0.2, 0) is 9.53 Å². The van der Waals surface area contributed by atoms with Gasteiger partial charge >= 0.3 is 5.97 Å². The van der Waals surface area contributed by atoms with Gasteiger partial charge in [0.05, 0.1) is 17.3 Å². The molecule has 0 radical (unpaired) electrons. The van der Waals surface area contributed by atoms with Gasteiger partial charge in [-0.3, -0.25) is 0 Å². The van der Waals surface area contributed by atoms with Crippen molar-refractivity contribution in [1.82, 2.24) is 4.98 Å². The molecule has 0 aliphatic heterocycles. The number of thiazole rings is 1. The van der Waals surface area contributed by atoms with Crippen LogP contribution in [0, 0.1) is 5.82 Å². The Morgan fingerprint density at radius 3 is 2.75 bits per heavy atom. The SMILES string of the molecule is COC(=O)C1(Nc2nc3ccc(F)cc3s2)C=CC(c2ccccc2)=CC1F. The van der Waals surface area contributed by atoms with Crippen LogP contribution in [0.25, 0.3) is 15.8 Å². The lowest BCUT2D eigenvalue weighted by atomic mass is 9.85. The van der Waals surface area contributed by atoms with Gasteiger partial charge in [0, 0.05) is 0 Å². The molecule has 2 unspecified atom stereocenters. The lowest BCUT2D eigenvalue weighted by Crippen LogP contribution is -2.53. The number of carbonyl (C=O) groups excluding carboxylic acids is 1. The Balaban J connectivity index is 1.70. The van der Waals surface area contributed by atoms with Gasteiger partial charge < -0.3 is 10.1 Å². The number of rotatable bonds is 4. The summed E-state index contributed by atoms with van der Waals surface area (Å²) in [5.74, 6) is -1.16. The molecule has 0 spiro atoms. The fraction of sp³-hybridized carbons (Fsp3) is 0.143. The monoisotopic (exact) mass is 398 g/mol. The minimum Gasteiger partial charge on any atom is -0.467 e. The van der Waals surface area contributed by atoms with Crippen molar-refractivity contribution in [3.05, 3.63) is 78.1 Å². The van der Waals surface area contributed by atoms with E-state index in [1.807, 2.05) is 30.3 Å². The molecular weight excluding hydrogens is 382 g/mol. The van der Waals surface area contributed by atoms with Crippen LogP contribution in [0.2, 0.25) is 0 Å². The second-order valence-corrected chi connectivity index (χ2v) is 7.37. The van der Waals surface area contributed by atoms with Gasteiger partial charge in [-0.05, 0) is 41.5 Å². The van der Waals surface area contributed by atoms with Crippen molar-refractivity contribution in [3.8, 4) is 0 Å². The zero-order valence-corrected chi connectivity index (χ0v) is 15.7. The number of fused-ring (bicyclic) bond motifs is 1. The highest BCUT2D eigenvalue weighted by Crippen LogP contribution is 2.35. The van der Waals surface area contributed by atoms with Crippen LogP contribution < -0.4 is 5.32 Å². The number of hydrogen-bond acceptors (Lipinski definition) is 5. The molecule has 0 saturated carbocycles. The predicted octanol–water partition coefficient (Wildman–Crippen LogP) is 4.75. The van der Waals surface area contributed by atoms with E-state index in [0.29, 0.717) is 20.9 Å². The topological polar surface area (TPSA) is 51.2 Å². The van der Waals surface area contributed by atoms with E-state index in [1.54, 1.807) is 6.08 Å². The van der Waals surface area contributed by atoms with E-state index < -0.39 is 17.7 Å². The number of anilines is 1. The predicted molar refractivity (Wildman–Crippen MR) is 106 cm³/mol. The molecule has 142 valence electrons. The van der Waals surface area contributed by atoms with Gasteiger partial charge in [0.25, 0.3) is 0 Å². The molecule has 3 aromatic rings. The number of carbonyl (C=O) groups is 1. The van der Waals surface area contributed by atoms with Crippen LogP contribution in [0.3, 0.4) is 0 Å². The number of ether oxygens (including phenoxy) is 1. The Morgan fingerprint density at radius 2 is 2.04 bits per heavy atom. The Kier molecular flexibility index (Phi) is 4.68. The molecule has 1 aromatic heterocycles. The first-order valence-electron chi connectivity index (χ1n) is 8.55. The highest BCUT2D eigenvalue weighted by atomic mass is 32.1. The van der Waals surface area contributed by atoms with E-state index in [-0.39, 0.29) is 5.82 Å². The number of aromatic nitrogens is 1.